The van der Waals surface area contributed by atoms with E-state index in [0.717, 1.165) is 30.4 Å². The molecule has 0 saturated carbocycles. The van der Waals surface area contributed by atoms with Gasteiger partial charge in [-0.3, -0.25) is 4.79 Å². The van der Waals surface area contributed by atoms with E-state index in [0.29, 0.717) is 12.3 Å². The normalized spacial score (nSPS) is 12.7. The van der Waals surface area contributed by atoms with Crippen molar-refractivity contribution in [2.45, 2.75) is 51.3 Å². The molecule has 2 aromatic carbocycles. The first-order valence-electron chi connectivity index (χ1n) is 10.8. The number of esters is 1. The SMILES string of the molecule is CCCCC(N)c1nc(C(=O)NC(Cc2ccccc2)C(=O)OCc2ccccc2)co1. The zero-order valence-corrected chi connectivity index (χ0v) is 18.2. The molecule has 0 aliphatic rings. The number of aromatic nitrogens is 1. The summed E-state index contributed by atoms with van der Waals surface area (Å²) in [6.45, 7) is 2.20. The maximum absolute atomic E-state index is 12.8. The van der Waals surface area contributed by atoms with Crippen LogP contribution in [0.25, 0.3) is 0 Å². The fourth-order valence-corrected chi connectivity index (χ4v) is 3.21. The van der Waals surface area contributed by atoms with E-state index in [1.54, 1.807) is 0 Å². The van der Waals surface area contributed by atoms with Crippen LogP contribution in [-0.4, -0.2) is 22.9 Å². The highest BCUT2D eigenvalue weighted by Gasteiger charge is 2.25. The number of ether oxygens (including phenoxy) is 1. The Morgan fingerprint density at radius 2 is 1.72 bits per heavy atom. The number of benzene rings is 2. The van der Waals surface area contributed by atoms with E-state index in [2.05, 4.69) is 17.2 Å². The van der Waals surface area contributed by atoms with Crippen LogP contribution in [0, 0.1) is 0 Å². The number of hydrogen-bond donors (Lipinski definition) is 2. The minimum Gasteiger partial charge on any atom is -0.459 e. The van der Waals surface area contributed by atoms with Crippen molar-refractivity contribution in [2.24, 2.45) is 5.73 Å². The lowest BCUT2D eigenvalue weighted by Gasteiger charge is -2.17. The van der Waals surface area contributed by atoms with Gasteiger partial charge in [0.2, 0.25) is 5.89 Å². The summed E-state index contributed by atoms with van der Waals surface area (Å²) in [5.74, 6) is -0.718. The first kappa shape index (κ1) is 23.2. The van der Waals surface area contributed by atoms with Gasteiger partial charge in [0.1, 0.15) is 18.9 Å². The van der Waals surface area contributed by atoms with Crippen LogP contribution >= 0.6 is 0 Å². The summed E-state index contributed by atoms with van der Waals surface area (Å²) in [5.41, 5.74) is 7.93. The third-order valence-electron chi connectivity index (χ3n) is 5.04. The van der Waals surface area contributed by atoms with Crippen molar-refractivity contribution in [2.75, 3.05) is 0 Å². The van der Waals surface area contributed by atoms with Gasteiger partial charge in [0, 0.05) is 6.42 Å². The van der Waals surface area contributed by atoms with Gasteiger partial charge >= 0.3 is 5.97 Å². The molecule has 0 spiro atoms. The summed E-state index contributed by atoms with van der Waals surface area (Å²) < 4.78 is 10.9. The molecule has 168 valence electrons. The van der Waals surface area contributed by atoms with E-state index in [4.69, 9.17) is 14.9 Å². The van der Waals surface area contributed by atoms with E-state index >= 15 is 0 Å². The number of hydrogen-bond acceptors (Lipinski definition) is 6. The molecule has 7 heteroatoms. The number of amides is 1. The van der Waals surface area contributed by atoms with Crippen LogP contribution in [0.3, 0.4) is 0 Å². The fraction of sp³-hybridized carbons (Fsp3) is 0.320. The average molecular weight is 436 g/mol. The Morgan fingerprint density at radius 3 is 2.38 bits per heavy atom. The molecule has 3 N–H and O–H groups in total. The number of nitrogens with two attached hydrogens (primary N) is 1. The summed E-state index contributed by atoms with van der Waals surface area (Å²) in [5, 5.41) is 2.74. The van der Waals surface area contributed by atoms with Crippen LogP contribution in [0.15, 0.2) is 71.3 Å². The number of nitrogens with zero attached hydrogens (tertiary/aromatic N) is 1. The number of unbranched alkanes of at least 4 members (excludes halogenated alkanes) is 1. The largest absolute Gasteiger partial charge is 0.459 e. The van der Waals surface area contributed by atoms with Crippen LogP contribution in [0.5, 0.6) is 0 Å². The Labute approximate surface area is 188 Å². The van der Waals surface area contributed by atoms with Crippen molar-refractivity contribution in [3.8, 4) is 0 Å². The van der Waals surface area contributed by atoms with Gasteiger partial charge in [0.25, 0.3) is 5.91 Å². The van der Waals surface area contributed by atoms with Crippen LogP contribution < -0.4 is 11.1 Å². The number of carbonyl (C=O) groups is 2. The highest BCUT2D eigenvalue weighted by molar-refractivity contribution is 5.95. The zero-order chi connectivity index (χ0) is 22.8. The summed E-state index contributed by atoms with van der Waals surface area (Å²) in [4.78, 5) is 29.8. The zero-order valence-electron chi connectivity index (χ0n) is 18.2. The van der Waals surface area contributed by atoms with Crippen LogP contribution in [-0.2, 0) is 22.6 Å². The molecule has 7 nitrogen and oxygen atoms in total. The smallest absolute Gasteiger partial charge is 0.329 e. The predicted octanol–water partition coefficient (Wildman–Crippen LogP) is 3.95. The van der Waals surface area contributed by atoms with Gasteiger partial charge in [-0.15, -0.1) is 0 Å². The number of carbonyl (C=O) groups excluding carboxylic acids is 2. The summed E-state index contributed by atoms with van der Waals surface area (Å²) in [6, 6.07) is 17.6. The first-order chi connectivity index (χ1) is 15.6. The molecule has 2 atom stereocenters. The van der Waals surface area contributed by atoms with E-state index in [-0.39, 0.29) is 18.3 Å². The summed E-state index contributed by atoms with van der Waals surface area (Å²) in [6.07, 6.45) is 4.23. The second kappa shape index (κ2) is 11.8. The standard InChI is InChI=1S/C25H29N3O4/c1-2-3-14-20(26)24-28-22(17-31-24)23(29)27-21(15-18-10-6-4-7-11-18)25(30)32-16-19-12-8-5-9-13-19/h4-13,17,20-21H,2-3,14-16,26H2,1H3,(H,27,29). The third-order valence-corrected chi connectivity index (χ3v) is 5.04. The minimum absolute atomic E-state index is 0.0841. The van der Waals surface area contributed by atoms with Gasteiger partial charge in [-0.1, -0.05) is 80.4 Å². The molecule has 1 heterocycles. The molecular weight excluding hydrogens is 406 g/mol. The number of rotatable bonds is 11. The Morgan fingerprint density at radius 1 is 1.06 bits per heavy atom. The monoisotopic (exact) mass is 435 g/mol. The second-order valence-corrected chi connectivity index (χ2v) is 7.63. The molecule has 0 fully saturated rings. The number of oxazole rings is 1. The maximum atomic E-state index is 12.8. The molecule has 1 aromatic heterocycles. The fourth-order valence-electron chi connectivity index (χ4n) is 3.21. The molecule has 0 radical (unpaired) electrons. The van der Waals surface area contributed by atoms with Crippen LogP contribution in [0.2, 0.25) is 0 Å². The lowest BCUT2D eigenvalue weighted by molar-refractivity contribution is -0.147. The van der Waals surface area contributed by atoms with Crippen molar-refractivity contribution < 1.29 is 18.7 Å². The molecule has 32 heavy (non-hydrogen) atoms. The van der Waals surface area contributed by atoms with Crippen molar-refractivity contribution in [1.82, 2.24) is 10.3 Å². The number of nitrogens with one attached hydrogen (secondary N) is 1. The Bertz CT molecular complexity index is 989. The van der Waals surface area contributed by atoms with Gasteiger partial charge in [0.05, 0.1) is 6.04 Å². The Kier molecular flexibility index (Phi) is 8.57. The average Bonchev–Trinajstić information content (AvgIpc) is 3.32. The molecule has 0 saturated heterocycles. The maximum Gasteiger partial charge on any atom is 0.329 e. The highest BCUT2D eigenvalue weighted by atomic mass is 16.5. The lowest BCUT2D eigenvalue weighted by Crippen LogP contribution is -2.43. The minimum atomic E-state index is -0.873. The Hall–Kier alpha value is -3.45. The highest BCUT2D eigenvalue weighted by Crippen LogP contribution is 2.16. The third kappa shape index (κ3) is 6.78. The molecule has 0 bridgehead atoms. The van der Waals surface area contributed by atoms with Gasteiger partial charge in [-0.05, 0) is 17.5 Å². The molecule has 1 amide bonds. The molecule has 0 aliphatic heterocycles. The summed E-state index contributed by atoms with van der Waals surface area (Å²) >= 11 is 0. The summed E-state index contributed by atoms with van der Waals surface area (Å²) in [7, 11) is 0. The van der Waals surface area contributed by atoms with Gasteiger partial charge in [-0.25, -0.2) is 9.78 Å². The van der Waals surface area contributed by atoms with E-state index in [1.807, 2.05) is 60.7 Å². The van der Waals surface area contributed by atoms with Crippen molar-refractivity contribution in [3.63, 3.8) is 0 Å². The first-order valence-corrected chi connectivity index (χ1v) is 10.8. The topological polar surface area (TPSA) is 107 Å². The van der Waals surface area contributed by atoms with E-state index < -0.39 is 17.9 Å². The van der Waals surface area contributed by atoms with Gasteiger partial charge in [0.15, 0.2) is 5.69 Å². The van der Waals surface area contributed by atoms with Crippen molar-refractivity contribution in [3.05, 3.63) is 89.6 Å². The van der Waals surface area contributed by atoms with Crippen molar-refractivity contribution >= 4 is 11.9 Å². The molecule has 0 aliphatic carbocycles. The quantitative estimate of drug-likeness (QED) is 0.442. The molecule has 2 unspecified atom stereocenters. The molecule has 3 rings (SSSR count). The van der Waals surface area contributed by atoms with Crippen molar-refractivity contribution in [1.29, 1.82) is 0 Å². The lowest BCUT2D eigenvalue weighted by atomic mass is 10.1. The predicted molar refractivity (Wildman–Crippen MR) is 121 cm³/mol. The van der Waals surface area contributed by atoms with Gasteiger partial charge in [-0.2, -0.15) is 0 Å². The van der Waals surface area contributed by atoms with E-state index in [9.17, 15) is 9.59 Å². The second-order valence-electron chi connectivity index (χ2n) is 7.63. The van der Waals surface area contributed by atoms with E-state index in [1.165, 1.54) is 6.26 Å². The molecular formula is C25H29N3O4. The van der Waals surface area contributed by atoms with Gasteiger partial charge < -0.3 is 20.2 Å². The molecule has 3 aromatic rings. The van der Waals surface area contributed by atoms with Crippen LogP contribution in [0.1, 0.15) is 59.7 Å². The van der Waals surface area contributed by atoms with Crippen LogP contribution in [0.4, 0.5) is 0 Å². The Balaban J connectivity index is 1.68.